The number of carbonyl (C=O) groups is 6. The number of aromatic amines is 2. The van der Waals surface area contributed by atoms with E-state index in [9.17, 15) is 28.8 Å². The van der Waals surface area contributed by atoms with Gasteiger partial charge in [0.05, 0.1) is 22.8 Å². The van der Waals surface area contributed by atoms with Gasteiger partial charge in [-0.2, -0.15) is 0 Å². The molecular formula is C104H88N6O6. The van der Waals surface area contributed by atoms with Crippen LogP contribution in [-0.4, -0.2) is 54.9 Å². The zero-order valence-corrected chi connectivity index (χ0v) is 66.5. The molecule has 3 aromatic heterocycles. The van der Waals surface area contributed by atoms with Crippen molar-refractivity contribution in [2.75, 3.05) is 10.6 Å². The van der Waals surface area contributed by atoms with Crippen LogP contribution in [0.2, 0.25) is 0 Å². The number of allylic oxidation sites excluding steroid dienone is 25. The molecule has 2 aliphatic heterocycles. The molecule has 7 aliphatic rings. The van der Waals surface area contributed by atoms with Crippen molar-refractivity contribution in [3.05, 3.63) is 372 Å². The molecule has 0 saturated heterocycles. The molecule has 6 aromatic carbocycles. The Balaban J connectivity index is 0.642. The van der Waals surface area contributed by atoms with Crippen molar-refractivity contribution in [3.8, 4) is 44.5 Å². The number of H-pyrrole nitrogens is 2. The van der Waals surface area contributed by atoms with Gasteiger partial charge in [0.1, 0.15) is 0 Å². The van der Waals surface area contributed by atoms with Crippen molar-refractivity contribution >= 4 is 98.8 Å². The number of nitrogens with one attached hydrogen (secondary N) is 4. The predicted molar refractivity (Wildman–Crippen MR) is 473 cm³/mol. The van der Waals surface area contributed by atoms with Crippen LogP contribution in [0.4, 0.5) is 11.4 Å². The number of fused-ring (bicyclic) bond motifs is 15. The molecule has 12 nitrogen and oxygen atoms in total. The van der Waals surface area contributed by atoms with Crippen molar-refractivity contribution in [3.63, 3.8) is 0 Å². The number of carbonyl (C=O) groups excluding carboxylic acids is 6. The first-order chi connectivity index (χ1) is 56.1. The molecule has 12 heteroatoms. The van der Waals surface area contributed by atoms with Crippen LogP contribution in [-0.2, 0) is 9.59 Å². The highest BCUT2D eigenvalue weighted by atomic mass is 16.2. The summed E-state index contributed by atoms with van der Waals surface area (Å²) in [6, 6.07) is 52.6. The summed E-state index contributed by atoms with van der Waals surface area (Å²) < 4.78 is 0. The molecule has 5 aliphatic carbocycles. The zero-order chi connectivity index (χ0) is 80.6. The number of ketones is 4. The predicted octanol–water partition coefficient (Wildman–Crippen LogP) is 24.3. The molecule has 0 radical (unpaired) electrons. The van der Waals surface area contributed by atoms with E-state index >= 15 is 0 Å². The molecule has 5 heterocycles. The second kappa shape index (κ2) is 32.0. The van der Waals surface area contributed by atoms with Crippen molar-refractivity contribution in [1.82, 2.24) is 19.9 Å². The van der Waals surface area contributed by atoms with Crippen molar-refractivity contribution in [2.45, 2.75) is 88.0 Å². The fourth-order valence-corrected chi connectivity index (χ4v) is 16.9. The number of Topliss-reactive ketones (excluding diaryl/α,β-unsaturated/α-hetero) is 2. The minimum atomic E-state index is -0.644. The van der Waals surface area contributed by atoms with Crippen LogP contribution in [0.5, 0.6) is 0 Å². The third-order valence-corrected chi connectivity index (χ3v) is 23.0. The number of rotatable bonds is 18. The maximum atomic E-state index is 14.4. The Hall–Kier alpha value is -13.8. The number of amides is 2. The third-order valence-electron chi connectivity index (χ3n) is 23.0. The topological polar surface area (TPSA) is 184 Å². The second-order valence-electron chi connectivity index (χ2n) is 31.7. The lowest BCUT2D eigenvalue weighted by atomic mass is 9.72. The molecule has 9 aromatic rings. The number of hydrogen-bond acceptors (Lipinski definition) is 8. The molecular weight excluding hydrogens is 1430 g/mol. The molecule has 4 N–H and O–H groups in total. The van der Waals surface area contributed by atoms with E-state index in [1.165, 1.54) is 71.9 Å². The van der Waals surface area contributed by atoms with E-state index < -0.39 is 23.5 Å². The van der Waals surface area contributed by atoms with Gasteiger partial charge >= 0.3 is 0 Å². The van der Waals surface area contributed by atoms with Gasteiger partial charge in [0.25, 0.3) is 11.8 Å². The molecule has 0 saturated carbocycles. The van der Waals surface area contributed by atoms with Crippen molar-refractivity contribution < 1.29 is 28.8 Å². The number of aryl methyl sites for hydroxylation is 2. The number of hydrogen-bond donors (Lipinski definition) is 4. The summed E-state index contributed by atoms with van der Waals surface area (Å²) in [6.07, 6.45) is 44.4. The fraction of sp³-hybridized carbons (Fsp3) is 0.154. The number of anilines is 2. The lowest BCUT2D eigenvalue weighted by molar-refractivity contribution is -0.115. The highest BCUT2D eigenvalue weighted by Gasteiger charge is 2.55. The quantitative estimate of drug-likeness (QED) is 0.0483. The Labute approximate surface area is 676 Å². The van der Waals surface area contributed by atoms with E-state index in [0.29, 0.717) is 45.8 Å². The molecule has 0 spiro atoms. The van der Waals surface area contributed by atoms with E-state index in [1.807, 2.05) is 91.0 Å². The summed E-state index contributed by atoms with van der Waals surface area (Å²) in [5.41, 5.74) is 27.5. The average Bonchev–Trinajstić information content (AvgIpc) is 1.52. The minimum absolute atomic E-state index is 0.0971. The Bertz CT molecular complexity index is 6320. The lowest BCUT2D eigenvalue weighted by Crippen LogP contribution is -2.31. The summed E-state index contributed by atoms with van der Waals surface area (Å²) in [7, 11) is 0. The molecule has 570 valence electrons. The van der Waals surface area contributed by atoms with Crippen LogP contribution in [0.25, 0.3) is 97.0 Å². The van der Waals surface area contributed by atoms with Gasteiger partial charge in [-0.05, 0) is 228 Å². The van der Waals surface area contributed by atoms with Crippen molar-refractivity contribution in [1.29, 1.82) is 0 Å². The van der Waals surface area contributed by atoms with Gasteiger partial charge < -0.3 is 20.6 Å². The molecule has 16 rings (SSSR count). The Morgan fingerprint density at radius 3 is 1.25 bits per heavy atom. The number of benzene rings is 6. The van der Waals surface area contributed by atoms with Gasteiger partial charge in [0.15, 0.2) is 23.1 Å². The van der Waals surface area contributed by atoms with Gasteiger partial charge in [-0.3, -0.25) is 28.8 Å². The Kier molecular flexibility index (Phi) is 21.0. The maximum Gasteiger partial charge on any atom is 0.255 e. The molecule has 2 amide bonds. The summed E-state index contributed by atoms with van der Waals surface area (Å²) in [5, 5.41) is 6.15. The lowest BCUT2D eigenvalue weighted by Gasteiger charge is -2.32. The van der Waals surface area contributed by atoms with Gasteiger partial charge in [0.2, 0.25) is 0 Å². The third kappa shape index (κ3) is 15.5. The van der Waals surface area contributed by atoms with Gasteiger partial charge in [-0.25, -0.2) is 9.97 Å². The summed E-state index contributed by atoms with van der Waals surface area (Å²) >= 11 is 0. The maximum absolute atomic E-state index is 14.4. The van der Waals surface area contributed by atoms with Crippen LogP contribution in [0.3, 0.4) is 0 Å². The molecule has 10 bridgehead atoms. The van der Waals surface area contributed by atoms with E-state index in [-0.39, 0.29) is 50.9 Å². The fourth-order valence-electron chi connectivity index (χ4n) is 16.9. The van der Waals surface area contributed by atoms with E-state index in [0.717, 1.165) is 111 Å². The van der Waals surface area contributed by atoms with Crippen LogP contribution < -0.4 is 10.6 Å². The largest absolute Gasteiger partial charge is 0.354 e. The van der Waals surface area contributed by atoms with E-state index in [4.69, 9.17) is 9.97 Å². The van der Waals surface area contributed by atoms with Crippen LogP contribution in [0.1, 0.15) is 155 Å². The molecule has 2 unspecified atom stereocenters. The first kappa shape index (κ1) is 76.2. The molecule has 116 heavy (non-hydrogen) atoms. The first-order valence-corrected chi connectivity index (χ1v) is 39.6. The number of aromatic nitrogens is 4. The Morgan fingerprint density at radius 2 is 0.810 bits per heavy atom. The standard InChI is InChI=1S/C104H88N6O6/c1-61(15-10-11-16-62(2)18-13-20-64(4)27-47-81-67(7)21-14-58-104(81,8)9)17-12-19-63(3)22-28-68-29-35-73(36-30-68)102(115)105-75-42-37-71(38-43-75)94-86-52-48-82(107-86)92(69-31-23-65(5)24-32-69)84-50-54-88(109-84)95(89-55-51-85(110-89)93(83-49-53-87(94)108-83)70-33-25-66(6)26-34-70)72-39-44-76(45-40-72)106-103(116)74-41-46-77-78(59-74)101(114)99-80-60-79(98(99)100(77)113)96-90(111)56-57-91(112)97(80)96/h10-13,15-20,22-57,59,79-80,107,110H,14,21,58,60H2,1-9H3,(H,105,115)(H,106,116)/b11-10+,17-12+,18-13+,28-22+,47-27+,61-15+,62-16+,63-19+,64-20+,92-82?,92-84?,93-83?,93-85?,94-86?,94-87?,95-88?,95-89?. The smallest absolute Gasteiger partial charge is 0.255 e. The van der Waals surface area contributed by atoms with Gasteiger partial charge in [0, 0.05) is 112 Å². The first-order valence-electron chi connectivity index (χ1n) is 39.6. The zero-order valence-electron chi connectivity index (χ0n) is 66.5. The molecule has 0 fully saturated rings. The van der Waals surface area contributed by atoms with E-state index in [1.54, 1.807) is 0 Å². The highest BCUT2D eigenvalue weighted by molar-refractivity contribution is 6.32. The van der Waals surface area contributed by atoms with Gasteiger partial charge in [-0.1, -0.05) is 223 Å². The Morgan fingerprint density at radius 1 is 0.422 bits per heavy atom. The number of nitrogens with zero attached hydrogens (tertiary/aromatic N) is 2. The van der Waals surface area contributed by atoms with Crippen LogP contribution in [0.15, 0.2) is 311 Å². The summed E-state index contributed by atoms with van der Waals surface area (Å²) in [5.74, 6) is -3.35. The van der Waals surface area contributed by atoms with E-state index in [2.05, 4.69) is 247 Å². The SMILES string of the molecule is CC1=C(/C=C/C(C)=C/C=C/C(C)=C/C=C/C=C(C)/C=C/C=C(C)/C=C/c2ccc(C(=O)Nc3ccc(-c4c5nc(c(-c6ccc(C)cc6)c6ccc([nH]6)c(-c6ccc(NC(=O)c7ccc8c(c7)C(=O)C7=C(C8=O)C8CC7C7=C8C(=O)C=CC7=O)cc6)c6nc(c(-c7ccc(C)cc7)c7ccc4[nH]7)C=C6)C=C5)cc3)cc2)C(C)(C)CCC1. The minimum Gasteiger partial charge on any atom is -0.354 e. The van der Waals surface area contributed by atoms with Crippen LogP contribution >= 0.6 is 0 Å². The summed E-state index contributed by atoms with van der Waals surface area (Å²) in [6.45, 7) is 19.6. The molecule has 2 atom stereocenters. The monoisotopic (exact) mass is 1520 g/mol. The highest BCUT2D eigenvalue weighted by Crippen LogP contribution is 2.57. The van der Waals surface area contributed by atoms with Crippen molar-refractivity contribution in [2.24, 2.45) is 17.3 Å². The summed E-state index contributed by atoms with van der Waals surface area (Å²) in [4.78, 5) is 101. The van der Waals surface area contributed by atoms with Crippen LogP contribution in [0, 0.1) is 31.1 Å². The second-order valence-corrected chi connectivity index (χ2v) is 31.7. The van der Waals surface area contributed by atoms with Gasteiger partial charge in [-0.15, -0.1) is 0 Å². The average molecular weight is 1520 g/mol. The normalized spacial score (nSPS) is 17.4.